The van der Waals surface area contributed by atoms with Crippen LogP contribution in [0.3, 0.4) is 0 Å². The summed E-state index contributed by atoms with van der Waals surface area (Å²) in [4.78, 5) is 0. The fraction of sp³-hybridized carbons (Fsp3) is 0.696. The number of aromatic hydroxyl groups is 1. The van der Waals surface area contributed by atoms with Gasteiger partial charge >= 0.3 is 0 Å². The number of phenolic OH excluding ortho intramolecular Hbond substituents is 1. The molecular formula is C23H39NO3. The Kier molecular flexibility index (Phi) is 12.4. The molecule has 0 fully saturated rings. The van der Waals surface area contributed by atoms with Gasteiger partial charge in [-0.3, -0.25) is 0 Å². The Morgan fingerprint density at radius 2 is 1.48 bits per heavy atom. The van der Waals surface area contributed by atoms with Gasteiger partial charge in [0.05, 0.1) is 12.8 Å². The lowest BCUT2D eigenvalue weighted by atomic mass is 9.97. The van der Waals surface area contributed by atoms with Gasteiger partial charge in [0.2, 0.25) is 0 Å². The Balaban J connectivity index is 2.68. The second-order valence-electron chi connectivity index (χ2n) is 7.41. The summed E-state index contributed by atoms with van der Waals surface area (Å²) in [6.45, 7) is 4.43. The molecule has 0 atom stereocenters. The Bertz CT molecular complexity index is 555. The van der Waals surface area contributed by atoms with E-state index in [9.17, 15) is 10.3 Å². The minimum absolute atomic E-state index is 0.125. The largest absolute Gasteiger partial charge is 0.507 e. The number of unbranched alkanes of at least 4 members (excludes halogenated alkanes) is 9. The van der Waals surface area contributed by atoms with Crippen LogP contribution in [0.4, 0.5) is 0 Å². The van der Waals surface area contributed by atoms with Gasteiger partial charge in [0.1, 0.15) is 11.5 Å². The summed E-state index contributed by atoms with van der Waals surface area (Å²) >= 11 is 0. The molecule has 0 aliphatic carbocycles. The maximum Gasteiger partial charge on any atom is 0.128 e. The number of nitrogens with zero attached hydrogens (tertiary/aromatic N) is 1. The predicted molar refractivity (Wildman–Crippen MR) is 113 cm³/mol. The molecule has 1 aromatic carbocycles. The molecule has 0 unspecified atom stereocenters. The van der Waals surface area contributed by atoms with E-state index in [4.69, 9.17) is 4.74 Å². The quantitative estimate of drug-likeness (QED) is 0.152. The zero-order valence-corrected chi connectivity index (χ0v) is 17.6. The number of benzene rings is 1. The molecular weight excluding hydrogens is 338 g/mol. The standard InChI is InChI=1S/C23H39NO3/c1-4-6-8-10-11-12-14-16-21(24-26)20-17-19(15-13-9-7-5-2)23(27-3)18-22(20)25/h17-18,25-26H,4-16H2,1-3H3/b24-21-. The van der Waals surface area contributed by atoms with E-state index in [-0.39, 0.29) is 5.75 Å². The molecule has 0 saturated carbocycles. The van der Waals surface area contributed by atoms with E-state index in [1.165, 1.54) is 51.4 Å². The van der Waals surface area contributed by atoms with Gasteiger partial charge in [-0.05, 0) is 37.3 Å². The van der Waals surface area contributed by atoms with E-state index in [1.807, 2.05) is 6.07 Å². The van der Waals surface area contributed by atoms with Gasteiger partial charge in [0, 0.05) is 11.6 Å². The Labute approximate surface area is 165 Å². The van der Waals surface area contributed by atoms with Crippen molar-refractivity contribution in [2.45, 2.75) is 97.3 Å². The van der Waals surface area contributed by atoms with Crippen LogP contribution in [0.1, 0.15) is 102 Å². The van der Waals surface area contributed by atoms with Crippen molar-refractivity contribution in [3.8, 4) is 11.5 Å². The maximum atomic E-state index is 10.4. The average Bonchev–Trinajstić information content (AvgIpc) is 2.68. The van der Waals surface area contributed by atoms with Crippen LogP contribution in [-0.2, 0) is 6.42 Å². The zero-order valence-electron chi connectivity index (χ0n) is 17.6. The summed E-state index contributed by atoms with van der Waals surface area (Å²) in [5.74, 6) is 0.834. The molecule has 0 saturated heterocycles. The van der Waals surface area contributed by atoms with Crippen LogP contribution in [0.5, 0.6) is 11.5 Å². The molecule has 1 rings (SSSR count). The van der Waals surface area contributed by atoms with Gasteiger partial charge in [-0.15, -0.1) is 0 Å². The molecule has 0 aromatic heterocycles. The lowest BCUT2D eigenvalue weighted by Crippen LogP contribution is -2.04. The van der Waals surface area contributed by atoms with Gasteiger partial charge in [0.25, 0.3) is 0 Å². The van der Waals surface area contributed by atoms with Crippen molar-refractivity contribution in [3.05, 3.63) is 23.3 Å². The maximum absolute atomic E-state index is 10.4. The average molecular weight is 378 g/mol. The van der Waals surface area contributed by atoms with Crippen LogP contribution in [0.2, 0.25) is 0 Å². The Morgan fingerprint density at radius 3 is 2.07 bits per heavy atom. The fourth-order valence-corrected chi connectivity index (χ4v) is 3.46. The SMILES string of the molecule is CCCCCCCCC/C(=N/O)c1cc(CCCCCC)c(OC)cc1O. The normalized spacial score (nSPS) is 11.7. The molecule has 0 aliphatic rings. The molecule has 27 heavy (non-hydrogen) atoms. The van der Waals surface area contributed by atoms with E-state index in [2.05, 4.69) is 19.0 Å². The van der Waals surface area contributed by atoms with Crippen LogP contribution in [-0.4, -0.2) is 23.1 Å². The molecule has 4 nitrogen and oxygen atoms in total. The summed E-state index contributed by atoms with van der Waals surface area (Å²) in [5.41, 5.74) is 2.27. The van der Waals surface area contributed by atoms with Crippen LogP contribution < -0.4 is 4.74 Å². The van der Waals surface area contributed by atoms with Crippen molar-refractivity contribution < 1.29 is 15.1 Å². The zero-order chi connectivity index (χ0) is 19.9. The highest BCUT2D eigenvalue weighted by molar-refractivity contribution is 6.02. The van der Waals surface area contributed by atoms with Crippen molar-refractivity contribution in [1.82, 2.24) is 0 Å². The molecule has 0 aliphatic heterocycles. The molecule has 0 heterocycles. The third-order valence-corrected chi connectivity index (χ3v) is 5.15. The number of oxime groups is 1. The van der Waals surface area contributed by atoms with Gasteiger partial charge in [0.15, 0.2) is 0 Å². The molecule has 0 bridgehead atoms. The van der Waals surface area contributed by atoms with Crippen molar-refractivity contribution in [3.63, 3.8) is 0 Å². The highest BCUT2D eigenvalue weighted by Crippen LogP contribution is 2.31. The number of aryl methyl sites for hydroxylation is 1. The summed E-state index contributed by atoms with van der Waals surface area (Å²) in [7, 11) is 1.63. The van der Waals surface area contributed by atoms with Crippen molar-refractivity contribution in [1.29, 1.82) is 0 Å². The van der Waals surface area contributed by atoms with E-state index in [1.54, 1.807) is 13.2 Å². The highest BCUT2D eigenvalue weighted by atomic mass is 16.5. The third kappa shape index (κ3) is 8.68. The number of hydrogen-bond donors (Lipinski definition) is 2. The van der Waals surface area contributed by atoms with Gasteiger partial charge in [-0.25, -0.2) is 0 Å². The van der Waals surface area contributed by atoms with Gasteiger partial charge < -0.3 is 15.1 Å². The predicted octanol–water partition coefficient (Wildman–Crippen LogP) is 6.84. The minimum Gasteiger partial charge on any atom is -0.507 e. The molecule has 1 aromatic rings. The summed E-state index contributed by atoms with van der Waals surface area (Å²) in [5, 5.41) is 23.4. The first-order valence-electron chi connectivity index (χ1n) is 10.8. The Morgan fingerprint density at radius 1 is 0.889 bits per heavy atom. The number of rotatable bonds is 15. The monoisotopic (exact) mass is 377 g/mol. The summed E-state index contributed by atoms with van der Waals surface area (Å²) in [6.07, 6.45) is 14.8. The van der Waals surface area contributed by atoms with Crippen molar-refractivity contribution in [2.75, 3.05) is 7.11 Å². The van der Waals surface area contributed by atoms with Crippen molar-refractivity contribution >= 4 is 5.71 Å². The Hall–Kier alpha value is -1.71. The van der Waals surface area contributed by atoms with E-state index >= 15 is 0 Å². The molecule has 4 heteroatoms. The van der Waals surface area contributed by atoms with E-state index in [0.717, 1.165) is 31.2 Å². The van der Waals surface area contributed by atoms with Crippen LogP contribution in [0.25, 0.3) is 0 Å². The van der Waals surface area contributed by atoms with Gasteiger partial charge in [-0.2, -0.15) is 0 Å². The number of ether oxygens (including phenoxy) is 1. The number of methoxy groups -OCH3 is 1. The molecule has 0 radical (unpaired) electrons. The van der Waals surface area contributed by atoms with Gasteiger partial charge in [-0.1, -0.05) is 76.8 Å². The van der Waals surface area contributed by atoms with Crippen LogP contribution in [0, 0.1) is 0 Å². The number of hydrogen-bond acceptors (Lipinski definition) is 4. The topological polar surface area (TPSA) is 62.1 Å². The molecule has 154 valence electrons. The second-order valence-corrected chi connectivity index (χ2v) is 7.41. The van der Waals surface area contributed by atoms with Crippen LogP contribution in [0.15, 0.2) is 17.3 Å². The van der Waals surface area contributed by atoms with Crippen molar-refractivity contribution in [2.24, 2.45) is 5.16 Å². The minimum atomic E-state index is 0.125. The fourth-order valence-electron chi connectivity index (χ4n) is 3.46. The second kappa shape index (κ2) is 14.4. The summed E-state index contributed by atoms with van der Waals surface area (Å²) < 4.78 is 5.43. The first kappa shape index (κ1) is 23.3. The molecule has 0 spiro atoms. The lowest BCUT2D eigenvalue weighted by molar-refractivity contribution is 0.317. The van der Waals surface area contributed by atoms with E-state index in [0.29, 0.717) is 23.4 Å². The first-order valence-corrected chi connectivity index (χ1v) is 10.8. The third-order valence-electron chi connectivity index (χ3n) is 5.15. The van der Waals surface area contributed by atoms with Crippen LogP contribution >= 0.6 is 0 Å². The number of phenols is 1. The molecule has 2 N–H and O–H groups in total. The smallest absolute Gasteiger partial charge is 0.128 e. The summed E-state index contributed by atoms with van der Waals surface area (Å²) in [6, 6.07) is 3.59. The first-order chi connectivity index (χ1) is 13.2. The highest BCUT2D eigenvalue weighted by Gasteiger charge is 2.15. The van der Waals surface area contributed by atoms with E-state index < -0.39 is 0 Å². The lowest BCUT2D eigenvalue weighted by Gasteiger charge is -2.14. The molecule has 0 amide bonds.